The van der Waals surface area contributed by atoms with Gasteiger partial charge in [-0.05, 0) is 49.6 Å². The van der Waals surface area contributed by atoms with E-state index in [0.29, 0.717) is 11.1 Å². The highest BCUT2D eigenvalue weighted by Gasteiger charge is 2.46. The van der Waals surface area contributed by atoms with E-state index in [1.54, 1.807) is 37.4 Å². The van der Waals surface area contributed by atoms with E-state index in [1.165, 1.54) is 18.2 Å². The highest BCUT2D eigenvalue weighted by atomic mass is 19.1. The van der Waals surface area contributed by atoms with Crippen LogP contribution in [0.25, 0.3) is 0 Å². The van der Waals surface area contributed by atoms with E-state index in [1.807, 2.05) is 0 Å². The predicted molar refractivity (Wildman–Crippen MR) is 96.3 cm³/mol. The minimum Gasteiger partial charge on any atom is -0.356 e. The highest BCUT2D eigenvalue weighted by Crippen LogP contribution is 2.48. The first-order valence-electron chi connectivity index (χ1n) is 9.12. The maximum absolute atomic E-state index is 14.9. The minimum atomic E-state index is -1.28. The number of hydrogen-bond donors (Lipinski definition) is 2. The van der Waals surface area contributed by atoms with Crippen molar-refractivity contribution in [1.82, 2.24) is 5.32 Å². The van der Waals surface area contributed by atoms with Gasteiger partial charge in [0.2, 0.25) is 6.41 Å². The van der Waals surface area contributed by atoms with Crippen LogP contribution in [-0.4, -0.2) is 18.6 Å². The first-order chi connectivity index (χ1) is 12.6. The van der Waals surface area contributed by atoms with Crippen molar-refractivity contribution in [3.8, 4) is 0 Å². The Bertz CT molecular complexity index is 716. The van der Waals surface area contributed by atoms with Crippen molar-refractivity contribution in [1.29, 1.82) is 0 Å². The summed E-state index contributed by atoms with van der Waals surface area (Å²) < 4.78 is 34.6. The van der Waals surface area contributed by atoms with Gasteiger partial charge in [-0.15, -0.1) is 0 Å². The second-order valence-corrected chi connectivity index (χ2v) is 6.82. The fraction of sp³-hybridized carbons (Fsp3) is 0.429. The van der Waals surface area contributed by atoms with Crippen LogP contribution < -0.4 is 5.32 Å². The zero-order valence-electron chi connectivity index (χ0n) is 14.9. The molecular weight excluding hydrogens is 336 g/mol. The number of aliphatic hydroxyl groups excluding tert-OH is 1. The lowest BCUT2D eigenvalue weighted by atomic mass is 9.69. The summed E-state index contributed by atoms with van der Waals surface area (Å²) in [7, 11) is 1.57. The maximum Gasteiger partial charge on any atom is 0.214 e. The molecule has 1 aliphatic rings. The molecule has 3 nitrogen and oxygen atoms in total. The molecule has 1 aliphatic carbocycles. The third-order valence-electron chi connectivity index (χ3n) is 5.27. The number of hydrogen-bond acceptors (Lipinski definition) is 3. The quantitative estimate of drug-likeness (QED) is 0.754. The largest absolute Gasteiger partial charge is 0.356 e. The van der Waals surface area contributed by atoms with E-state index in [9.17, 15) is 13.9 Å². The summed E-state index contributed by atoms with van der Waals surface area (Å²) in [4.78, 5) is 0. The summed E-state index contributed by atoms with van der Waals surface area (Å²) in [6, 6.07) is 12.4. The van der Waals surface area contributed by atoms with Crippen LogP contribution in [0.1, 0.15) is 43.2 Å². The zero-order valence-corrected chi connectivity index (χ0v) is 14.9. The number of aliphatic hydroxyl groups is 1. The second-order valence-electron chi connectivity index (χ2n) is 6.82. The molecule has 0 aliphatic heterocycles. The molecule has 2 atom stereocenters. The topological polar surface area (TPSA) is 41.5 Å². The van der Waals surface area contributed by atoms with Crippen molar-refractivity contribution in [3.05, 3.63) is 71.3 Å². The average molecular weight is 361 g/mol. The van der Waals surface area contributed by atoms with Crippen molar-refractivity contribution in [2.75, 3.05) is 7.05 Å². The van der Waals surface area contributed by atoms with Gasteiger partial charge in [-0.2, -0.15) is 0 Å². The van der Waals surface area contributed by atoms with Gasteiger partial charge in [-0.3, -0.25) is 5.32 Å². The van der Waals surface area contributed by atoms with Crippen LogP contribution in [0.3, 0.4) is 0 Å². The number of ether oxygens (including phenoxy) is 1. The minimum absolute atomic E-state index is 0.0263. The molecule has 0 spiro atoms. The SMILES string of the molecule is CNC(O)OC(c1ccc(F)cc1)(c1ccccc1F)C1CCCCC1. The Kier molecular flexibility index (Phi) is 6.01. The highest BCUT2D eigenvalue weighted by molar-refractivity contribution is 5.39. The van der Waals surface area contributed by atoms with Gasteiger partial charge in [0.25, 0.3) is 0 Å². The molecule has 5 heteroatoms. The molecule has 0 aromatic heterocycles. The van der Waals surface area contributed by atoms with Crippen LogP contribution in [0, 0.1) is 17.6 Å². The number of rotatable bonds is 6. The molecule has 2 N–H and O–H groups in total. The third-order valence-corrected chi connectivity index (χ3v) is 5.27. The molecule has 0 radical (unpaired) electrons. The van der Waals surface area contributed by atoms with Gasteiger partial charge in [0.1, 0.15) is 17.2 Å². The lowest BCUT2D eigenvalue weighted by molar-refractivity contribution is -0.210. The molecule has 2 unspecified atom stereocenters. The Labute approximate surface area is 153 Å². The molecule has 1 fully saturated rings. The first-order valence-corrected chi connectivity index (χ1v) is 9.12. The van der Waals surface area contributed by atoms with Crippen LogP contribution in [0.4, 0.5) is 8.78 Å². The van der Waals surface area contributed by atoms with E-state index in [-0.39, 0.29) is 11.7 Å². The lowest BCUT2D eigenvalue weighted by Crippen LogP contribution is -2.47. The molecule has 0 bridgehead atoms. The molecule has 0 heterocycles. The zero-order chi connectivity index (χ0) is 18.6. The van der Waals surface area contributed by atoms with Crippen LogP contribution in [-0.2, 0) is 10.3 Å². The normalized spacial score (nSPS) is 19.1. The lowest BCUT2D eigenvalue weighted by Gasteiger charge is -2.44. The van der Waals surface area contributed by atoms with E-state index in [2.05, 4.69) is 5.32 Å². The van der Waals surface area contributed by atoms with Crippen molar-refractivity contribution in [2.45, 2.75) is 44.1 Å². The standard InChI is InChI=1S/C21H25F2NO2/c1-24-20(25)26-21(15-7-3-2-4-8-15,16-11-13-17(22)14-12-16)18-9-5-6-10-19(18)23/h5-6,9-15,20,24-25H,2-4,7-8H2,1H3. The summed E-state index contributed by atoms with van der Waals surface area (Å²) in [5.41, 5.74) is -0.181. The summed E-state index contributed by atoms with van der Waals surface area (Å²) in [6.45, 7) is 0. The van der Waals surface area contributed by atoms with E-state index < -0.39 is 17.8 Å². The second kappa shape index (κ2) is 8.25. The number of benzene rings is 2. The van der Waals surface area contributed by atoms with E-state index >= 15 is 0 Å². The van der Waals surface area contributed by atoms with Gasteiger partial charge in [0.05, 0.1) is 0 Å². The van der Waals surface area contributed by atoms with Crippen LogP contribution in [0.5, 0.6) is 0 Å². The fourth-order valence-corrected chi connectivity index (χ4v) is 4.04. The molecule has 26 heavy (non-hydrogen) atoms. The summed E-state index contributed by atoms with van der Waals surface area (Å²) in [5.74, 6) is -0.790. The van der Waals surface area contributed by atoms with Gasteiger partial charge in [-0.1, -0.05) is 49.6 Å². The van der Waals surface area contributed by atoms with Gasteiger partial charge in [-0.25, -0.2) is 8.78 Å². The first kappa shape index (κ1) is 19.0. The number of halogens is 2. The smallest absolute Gasteiger partial charge is 0.214 e. The fourth-order valence-electron chi connectivity index (χ4n) is 4.04. The summed E-state index contributed by atoms with van der Waals surface area (Å²) in [6.07, 6.45) is 3.58. The molecule has 0 saturated heterocycles. The maximum atomic E-state index is 14.9. The van der Waals surface area contributed by atoms with Gasteiger partial charge in [0, 0.05) is 5.56 Å². The monoisotopic (exact) mass is 361 g/mol. The Hall–Kier alpha value is -1.82. The van der Waals surface area contributed by atoms with Crippen molar-refractivity contribution < 1.29 is 18.6 Å². The molecule has 2 aromatic carbocycles. The average Bonchev–Trinajstić information content (AvgIpc) is 2.68. The van der Waals surface area contributed by atoms with Crippen molar-refractivity contribution >= 4 is 0 Å². The Morgan fingerprint density at radius 3 is 2.31 bits per heavy atom. The summed E-state index contributed by atoms with van der Waals surface area (Å²) >= 11 is 0. The van der Waals surface area contributed by atoms with E-state index in [0.717, 1.165) is 32.1 Å². The molecule has 140 valence electrons. The molecule has 0 amide bonds. The Morgan fingerprint density at radius 1 is 1.04 bits per heavy atom. The Morgan fingerprint density at radius 2 is 1.69 bits per heavy atom. The van der Waals surface area contributed by atoms with Crippen LogP contribution >= 0.6 is 0 Å². The van der Waals surface area contributed by atoms with E-state index in [4.69, 9.17) is 4.74 Å². The summed E-state index contributed by atoms with van der Waals surface area (Å²) in [5, 5.41) is 12.9. The molecule has 1 saturated carbocycles. The number of nitrogens with one attached hydrogen (secondary N) is 1. The Balaban J connectivity index is 2.22. The molecule has 2 aromatic rings. The van der Waals surface area contributed by atoms with Crippen LogP contribution in [0.2, 0.25) is 0 Å². The van der Waals surface area contributed by atoms with Crippen molar-refractivity contribution in [3.63, 3.8) is 0 Å². The van der Waals surface area contributed by atoms with Gasteiger partial charge in [0.15, 0.2) is 0 Å². The van der Waals surface area contributed by atoms with Gasteiger partial charge < -0.3 is 9.84 Å². The third kappa shape index (κ3) is 3.65. The molecule has 3 rings (SSSR count). The molecular formula is C21H25F2NO2. The van der Waals surface area contributed by atoms with Crippen molar-refractivity contribution in [2.24, 2.45) is 5.92 Å². The van der Waals surface area contributed by atoms with Crippen LogP contribution in [0.15, 0.2) is 48.5 Å². The predicted octanol–water partition coefficient (Wildman–Crippen LogP) is 4.30. The van der Waals surface area contributed by atoms with Gasteiger partial charge >= 0.3 is 0 Å².